The van der Waals surface area contributed by atoms with Gasteiger partial charge in [-0.15, -0.1) is 10.2 Å². The molecule has 1 unspecified atom stereocenters. The third-order valence-corrected chi connectivity index (χ3v) is 5.01. The van der Waals surface area contributed by atoms with Gasteiger partial charge in [0.1, 0.15) is 11.6 Å². The molecule has 0 spiro atoms. The van der Waals surface area contributed by atoms with Gasteiger partial charge in [-0.1, -0.05) is 30.3 Å². The fraction of sp³-hybridized carbons (Fsp3) is 0.500. The zero-order valence-corrected chi connectivity index (χ0v) is 13.8. The van der Waals surface area contributed by atoms with E-state index in [2.05, 4.69) is 49.2 Å². The van der Waals surface area contributed by atoms with E-state index in [1.54, 1.807) is 0 Å². The molecule has 6 heteroatoms. The van der Waals surface area contributed by atoms with Crippen molar-refractivity contribution in [1.29, 1.82) is 0 Å². The third kappa shape index (κ3) is 3.06. The molecule has 2 aliphatic rings. The molecule has 4 rings (SSSR count). The van der Waals surface area contributed by atoms with E-state index in [1.807, 2.05) is 6.07 Å². The molecule has 0 bridgehead atoms. The zero-order valence-electron chi connectivity index (χ0n) is 13.8. The van der Waals surface area contributed by atoms with Crippen LogP contribution in [0.3, 0.4) is 0 Å². The quantitative estimate of drug-likeness (QED) is 0.925. The van der Waals surface area contributed by atoms with Gasteiger partial charge in [0.05, 0.1) is 12.6 Å². The standard InChI is InChI=1S/C18H23N5O/c24-18-15(8-4-5-9-19-18)22-10-11-23-16(20-21-17(23)13-22)12-14-6-2-1-3-7-14/h1-3,6-7,15H,4-5,8-13H2,(H,19,24). The molecule has 1 aromatic carbocycles. The number of hydrogen-bond acceptors (Lipinski definition) is 4. The highest BCUT2D eigenvalue weighted by molar-refractivity contribution is 5.81. The molecule has 126 valence electrons. The Bertz CT molecular complexity index is 711. The first-order chi connectivity index (χ1) is 11.8. The average molecular weight is 325 g/mol. The summed E-state index contributed by atoms with van der Waals surface area (Å²) in [5.41, 5.74) is 1.25. The third-order valence-electron chi connectivity index (χ3n) is 5.01. The van der Waals surface area contributed by atoms with E-state index >= 15 is 0 Å². The van der Waals surface area contributed by atoms with Gasteiger partial charge in [-0.25, -0.2) is 0 Å². The van der Waals surface area contributed by atoms with Crippen molar-refractivity contribution < 1.29 is 4.79 Å². The van der Waals surface area contributed by atoms with Crippen molar-refractivity contribution >= 4 is 5.91 Å². The summed E-state index contributed by atoms with van der Waals surface area (Å²) < 4.78 is 2.22. The van der Waals surface area contributed by atoms with Crippen LogP contribution in [-0.4, -0.2) is 44.7 Å². The number of benzene rings is 1. The Hall–Kier alpha value is -2.21. The number of carbonyl (C=O) groups is 1. The van der Waals surface area contributed by atoms with Crippen LogP contribution in [0, 0.1) is 0 Å². The van der Waals surface area contributed by atoms with E-state index in [-0.39, 0.29) is 11.9 Å². The Morgan fingerprint density at radius 3 is 2.88 bits per heavy atom. The largest absolute Gasteiger partial charge is 0.355 e. The Morgan fingerprint density at radius 1 is 1.12 bits per heavy atom. The van der Waals surface area contributed by atoms with Crippen LogP contribution in [0.15, 0.2) is 30.3 Å². The van der Waals surface area contributed by atoms with E-state index in [4.69, 9.17) is 0 Å². The van der Waals surface area contributed by atoms with Gasteiger partial charge in [-0.3, -0.25) is 9.69 Å². The van der Waals surface area contributed by atoms with Crippen LogP contribution in [0.25, 0.3) is 0 Å². The summed E-state index contributed by atoms with van der Waals surface area (Å²) in [5.74, 6) is 2.16. The number of hydrogen-bond donors (Lipinski definition) is 1. The van der Waals surface area contributed by atoms with Gasteiger partial charge in [0.2, 0.25) is 5.91 Å². The van der Waals surface area contributed by atoms with E-state index in [0.717, 1.165) is 57.0 Å². The van der Waals surface area contributed by atoms with E-state index < -0.39 is 0 Å². The second kappa shape index (κ2) is 6.73. The van der Waals surface area contributed by atoms with Crippen LogP contribution in [0.1, 0.15) is 36.5 Å². The molecular formula is C18H23N5O. The summed E-state index contributed by atoms with van der Waals surface area (Å²) in [6, 6.07) is 10.3. The molecule has 24 heavy (non-hydrogen) atoms. The number of nitrogens with zero attached hydrogens (tertiary/aromatic N) is 4. The van der Waals surface area contributed by atoms with Crippen molar-refractivity contribution in [2.24, 2.45) is 0 Å². The first-order valence-electron chi connectivity index (χ1n) is 8.78. The van der Waals surface area contributed by atoms with Crippen molar-refractivity contribution in [3.8, 4) is 0 Å². The molecule has 3 heterocycles. The van der Waals surface area contributed by atoms with Crippen molar-refractivity contribution in [2.75, 3.05) is 13.1 Å². The lowest BCUT2D eigenvalue weighted by atomic mass is 10.1. The first-order valence-corrected chi connectivity index (χ1v) is 8.78. The summed E-state index contributed by atoms with van der Waals surface area (Å²) >= 11 is 0. The number of aromatic nitrogens is 3. The Kier molecular flexibility index (Phi) is 4.30. The lowest BCUT2D eigenvalue weighted by Gasteiger charge is -2.33. The van der Waals surface area contributed by atoms with E-state index in [1.165, 1.54) is 5.56 Å². The number of carbonyl (C=O) groups excluding carboxylic acids is 1. The van der Waals surface area contributed by atoms with Gasteiger partial charge in [0.25, 0.3) is 0 Å². The molecule has 1 saturated heterocycles. The SMILES string of the molecule is O=C1NCCCCC1N1CCn2c(Cc3ccccc3)nnc2C1. The predicted octanol–water partition coefficient (Wildman–Crippen LogP) is 1.35. The van der Waals surface area contributed by atoms with Gasteiger partial charge in [-0.05, 0) is 24.8 Å². The minimum atomic E-state index is -0.0180. The van der Waals surface area contributed by atoms with Gasteiger partial charge in [0, 0.05) is 26.1 Å². The molecule has 1 N–H and O–H groups in total. The first kappa shape index (κ1) is 15.3. The number of nitrogens with one attached hydrogen (secondary N) is 1. The molecule has 1 amide bonds. The molecule has 0 aliphatic carbocycles. The summed E-state index contributed by atoms with van der Waals surface area (Å²) in [4.78, 5) is 14.5. The van der Waals surface area contributed by atoms with Crippen LogP contribution >= 0.6 is 0 Å². The Balaban J connectivity index is 1.49. The maximum absolute atomic E-state index is 12.3. The minimum Gasteiger partial charge on any atom is -0.355 e. The van der Waals surface area contributed by atoms with Crippen LogP contribution in [0.2, 0.25) is 0 Å². The van der Waals surface area contributed by atoms with Crippen LogP contribution < -0.4 is 5.32 Å². The summed E-state index contributed by atoms with van der Waals surface area (Å²) in [7, 11) is 0. The van der Waals surface area contributed by atoms with Crippen LogP contribution in [0.4, 0.5) is 0 Å². The molecule has 2 aromatic rings. The topological polar surface area (TPSA) is 63.1 Å². The second-order valence-electron chi connectivity index (χ2n) is 6.62. The van der Waals surface area contributed by atoms with Crippen molar-refractivity contribution in [3.05, 3.63) is 47.5 Å². The molecular weight excluding hydrogens is 302 g/mol. The summed E-state index contributed by atoms with van der Waals surface area (Å²) in [5, 5.41) is 11.8. The van der Waals surface area contributed by atoms with E-state index in [0.29, 0.717) is 6.54 Å². The maximum Gasteiger partial charge on any atom is 0.237 e. The average Bonchev–Trinajstić information content (AvgIpc) is 2.87. The van der Waals surface area contributed by atoms with Crippen molar-refractivity contribution in [2.45, 2.75) is 44.8 Å². The van der Waals surface area contributed by atoms with Gasteiger partial charge < -0.3 is 9.88 Å². The molecule has 1 fully saturated rings. The molecule has 1 atom stereocenters. The molecule has 1 aromatic heterocycles. The lowest BCUT2D eigenvalue weighted by molar-refractivity contribution is -0.126. The van der Waals surface area contributed by atoms with Crippen LogP contribution in [-0.2, 0) is 24.3 Å². The van der Waals surface area contributed by atoms with Crippen molar-refractivity contribution in [3.63, 3.8) is 0 Å². The van der Waals surface area contributed by atoms with Gasteiger partial charge >= 0.3 is 0 Å². The zero-order chi connectivity index (χ0) is 16.4. The second-order valence-corrected chi connectivity index (χ2v) is 6.62. The molecule has 0 saturated carbocycles. The van der Waals surface area contributed by atoms with Crippen molar-refractivity contribution in [1.82, 2.24) is 25.0 Å². The molecule has 2 aliphatic heterocycles. The smallest absolute Gasteiger partial charge is 0.237 e. The number of fused-ring (bicyclic) bond motifs is 1. The summed E-state index contributed by atoms with van der Waals surface area (Å²) in [6.07, 6.45) is 3.92. The molecule has 6 nitrogen and oxygen atoms in total. The number of amides is 1. The Labute approximate surface area is 141 Å². The highest BCUT2D eigenvalue weighted by Crippen LogP contribution is 2.20. The lowest BCUT2D eigenvalue weighted by Crippen LogP contribution is -2.48. The van der Waals surface area contributed by atoms with Gasteiger partial charge in [0.15, 0.2) is 0 Å². The summed E-state index contributed by atoms with van der Waals surface area (Å²) in [6.45, 7) is 3.25. The minimum absolute atomic E-state index is 0.0180. The fourth-order valence-electron chi connectivity index (χ4n) is 3.68. The predicted molar refractivity (Wildman–Crippen MR) is 90.3 cm³/mol. The Morgan fingerprint density at radius 2 is 2.00 bits per heavy atom. The normalized spacial score (nSPS) is 21.8. The van der Waals surface area contributed by atoms with E-state index in [9.17, 15) is 4.79 Å². The highest BCUT2D eigenvalue weighted by Gasteiger charge is 2.31. The van der Waals surface area contributed by atoms with Gasteiger partial charge in [-0.2, -0.15) is 0 Å². The number of rotatable bonds is 3. The highest BCUT2D eigenvalue weighted by atomic mass is 16.2. The monoisotopic (exact) mass is 325 g/mol. The maximum atomic E-state index is 12.3. The fourth-order valence-corrected chi connectivity index (χ4v) is 3.68. The molecule has 0 radical (unpaired) electrons. The van der Waals surface area contributed by atoms with Crippen LogP contribution in [0.5, 0.6) is 0 Å².